The van der Waals surface area contributed by atoms with E-state index in [2.05, 4.69) is 29.9 Å². The molecular formula is C20H25N7O4S. The Morgan fingerprint density at radius 3 is 2.50 bits per heavy atom. The summed E-state index contributed by atoms with van der Waals surface area (Å²) >= 11 is 0. The van der Waals surface area contributed by atoms with Gasteiger partial charge in [-0.05, 0) is 38.3 Å². The van der Waals surface area contributed by atoms with Gasteiger partial charge in [-0.1, -0.05) is 6.07 Å². The lowest BCUT2D eigenvalue weighted by molar-refractivity contribution is 0.0949. The molecule has 32 heavy (non-hydrogen) atoms. The maximum atomic E-state index is 13.2. The van der Waals surface area contributed by atoms with Gasteiger partial charge in [-0.3, -0.25) is 9.29 Å². The van der Waals surface area contributed by atoms with Gasteiger partial charge in [0.2, 0.25) is 21.9 Å². The first-order chi connectivity index (χ1) is 15.3. The average Bonchev–Trinajstić information content (AvgIpc) is 3.55. The minimum Gasteiger partial charge on any atom is -0.481 e. The van der Waals surface area contributed by atoms with Crippen LogP contribution >= 0.6 is 0 Å². The van der Waals surface area contributed by atoms with Crippen molar-refractivity contribution in [3.63, 3.8) is 0 Å². The van der Waals surface area contributed by atoms with Gasteiger partial charge in [0.1, 0.15) is 17.0 Å². The van der Waals surface area contributed by atoms with E-state index >= 15 is 0 Å². The second-order valence-corrected chi connectivity index (χ2v) is 9.68. The highest BCUT2D eigenvalue weighted by Crippen LogP contribution is 2.40. The summed E-state index contributed by atoms with van der Waals surface area (Å²) in [5, 5.41) is 7.34. The van der Waals surface area contributed by atoms with Gasteiger partial charge in [-0.25, -0.2) is 23.4 Å². The molecule has 0 radical (unpaired) electrons. The lowest BCUT2D eigenvalue weighted by Gasteiger charge is -2.22. The Morgan fingerprint density at radius 1 is 1.16 bits per heavy atom. The summed E-state index contributed by atoms with van der Waals surface area (Å²) in [5.41, 5.74) is 1.42. The van der Waals surface area contributed by atoms with Crippen LogP contribution in [0.1, 0.15) is 43.3 Å². The minimum absolute atomic E-state index is 0.0969. The molecule has 0 amide bonds. The fraction of sp³-hybridized carbons (Fsp3) is 0.450. The second-order valence-electron chi connectivity index (χ2n) is 7.64. The van der Waals surface area contributed by atoms with Crippen molar-refractivity contribution in [2.75, 3.05) is 18.9 Å². The molecule has 0 saturated heterocycles. The number of ether oxygens (including phenoxy) is 2. The molecule has 0 unspecified atom stereocenters. The maximum absolute atomic E-state index is 13.2. The molecule has 170 valence electrons. The highest BCUT2D eigenvalue weighted by molar-refractivity contribution is 7.93. The van der Waals surface area contributed by atoms with Crippen LogP contribution in [-0.4, -0.2) is 57.6 Å². The van der Waals surface area contributed by atoms with Crippen molar-refractivity contribution in [2.45, 2.75) is 44.1 Å². The van der Waals surface area contributed by atoms with E-state index in [0.717, 1.165) is 18.4 Å². The third-order valence-corrected chi connectivity index (χ3v) is 6.92. The van der Waals surface area contributed by atoms with Gasteiger partial charge < -0.3 is 9.47 Å². The Balaban J connectivity index is 1.64. The highest BCUT2D eigenvalue weighted by atomic mass is 32.2. The first kappa shape index (κ1) is 22.1. The number of hydrogen-bond donors (Lipinski definition) is 1. The number of nitrogens with one attached hydrogen (secondary N) is 1. The number of aryl methyl sites for hydroxylation is 1. The van der Waals surface area contributed by atoms with Crippen LogP contribution in [0.15, 0.2) is 30.6 Å². The molecule has 1 N–H and O–H groups in total. The van der Waals surface area contributed by atoms with Crippen molar-refractivity contribution in [3.8, 4) is 17.4 Å². The largest absolute Gasteiger partial charge is 0.481 e. The van der Waals surface area contributed by atoms with Crippen LogP contribution in [0.3, 0.4) is 0 Å². The summed E-state index contributed by atoms with van der Waals surface area (Å²) in [6.07, 6.45) is 4.19. The van der Waals surface area contributed by atoms with Crippen LogP contribution in [0.5, 0.6) is 5.88 Å². The van der Waals surface area contributed by atoms with Crippen LogP contribution in [-0.2, 0) is 14.8 Å². The zero-order valence-electron chi connectivity index (χ0n) is 18.3. The third kappa shape index (κ3) is 4.41. The number of aromatic nitrogens is 6. The fourth-order valence-electron chi connectivity index (χ4n) is 3.31. The van der Waals surface area contributed by atoms with Crippen LogP contribution < -0.4 is 9.46 Å². The fourth-order valence-corrected chi connectivity index (χ4v) is 4.44. The first-order valence-corrected chi connectivity index (χ1v) is 11.7. The van der Waals surface area contributed by atoms with Crippen molar-refractivity contribution >= 4 is 16.0 Å². The van der Waals surface area contributed by atoms with Gasteiger partial charge in [-0.2, -0.15) is 0 Å². The summed E-state index contributed by atoms with van der Waals surface area (Å²) in [5.74, 6) is 1.34. The topological polar surface area (TPSA) is 134 Å². The third-order valence-electron chi connectivity index (χ3n) is 5.23. The predicted octanol–water partition coefficient (Wildman–Crippen LogP) is 2.30. The Bertz CT molecular complexity index is 1190. The van der Waals surface area contributed by atoms with E-state index in [-0.39, 0.29) is 12.0 Å². The number of nitrogens with zero attached hydrogens (tertiary/aromatic N) is 6. The monoisotopic (exact) mass is 459 g/mol. The van der Waals surface area contributed by atoms with E-state index in [9.17, 15) is 8.42 Å². The zero-order valence-corrected chi connectivity index (χ0v) is 19.1. The van der Waals surface area contributed by atoms with Gasteiger partial charge in [0.05, 0.1) is 7.11 Å². The molecule has 3 heterocycles. The summed E-state index contributed by atoms with van der Waals surface area (Å²) < 4.78 is 41.4. The summed E-state index contributed by atoms with van der Waals surface area (Å²) in [4.78, 5) is 12.9. The van der Waals surface area contributed by atoms with Gasteiger partial charge in [0.15, 0.2) is 11.6 Å². The van der Waals surface area contributed by atoms with Gasteiger partial charge in [0.25, 0.3) is 0 Å². The van der Waals surface area contributed by atoms with Crippen LogP contribution in [0.25, 0.3) is 11.5 Å². The Labute approximate surface area is 186 Å². The van der Waals surface area contributed by atoms with Crippen molar-refractivity contribution in [3.05, 3.63) is 42.0 Å². The van der Waals surface area contributed by atoms with E-state index in [1.807, 2.05) is 6.92 Å². The second kappa shape index (κ2) is 8.79. The Hall–Kier alpha value is -3.12. The predicted molar refractivity (Wildman–Crippen MR) is 117 cm³/mol. The number of rotatable bonds is 9. The molecule has 0 aliphatic heterocycles. The lowest BCUT2D eigenvalue weighted by Crippen LogP contribution is -2.33. The Kier molecular flexibility index (Phi) is 6.07. The van der Waals surface area contributed by atoms with E-state index in [0.29, 0.717) is 23.2 Å². The SMILES string of the molecule is COc1cccc(-c2nnc(NS(=O)(=O)[C@@H](C)[C@H](OC)c3ncc(C)cn3)n2C2CC2)n1. The van der Waals surface area contributed by atoms with Crippen molar-refractivity contribution in [2.24, 2.45) is 0 Å². The number of anilines is 1. The van der Waals surface area contributed by atoms with E-state index in [1.54, 1.807) is 42.1 Å². The van der Waals surface area contributed by atoms with Crippen molar-refractivity contribution < 1.29 is 17.9 Å². The molecule has 1 aliphatic rings. The lowest BCUT2D eigenvalue weighted by atomic mass is 10.2. The highest BCUT2D eigenvalue weighted by Gasteiger charge is 2.36. The Morgan fingerprint density at radius 2 is 1.88 bits per heavy atom. The molecule has 11 nitrogen and oxygen atoms in total. The molecule has 12 heteroatoms. The van der Waals surface area contributed by atoms with Crippen molar-refractivity contribution in [1.82, 2.24) is 29.7 Å². The maximum Gasteiger partial charge on any atom is 0.240 e. The van der Waals surface area contributed by atoms with E-state index in [1.165, 1.54) is 14.2 Å². The average molecular weight is 460 g/mol. The molecule has 0 spiro atoms. The zero-order chi connectivity index (χ0) is 22.9. The summed E-state index contributed by atoms with van der Waals surface area (Å²) in [7, 11) is -0.956. The quantitative estimate of drug-likeness (QED) is 0.511. The molecule has 3 aromatic rings. The molecule has 0 aromatic carbocycles. The van der Waals surface area contributed by atoms with E-state index in [4.69, 9.17) is 9.47 Å². The van der Waals surface area contributed by atoms with Gasteiger partial charge >= 0.3 is 0 Å². The molecule has 0 bridgehead atoms. The van der Waals surface area contributed by atoms with E-state index < -0.39 is 21.4 Å². The molecule has 4 rings (SSSR count). The number of sulfonamides is 1. The molecule has 1 fully saturated rings. The molecule has 3 aromatic heterocycles. The van der Waals surface area contributed by atoms with Gasteiger partial charge in [-0.15, -0.1) is 10.2 Å². The molecular weight excluding hydrogens is 434 g/mol. The van der Waals surface area contributed by atoms with Crippen LogP contribution in [0.2, 0.25) is 0 Å². The van der Waals surface area contributed by atoms with Crippen LogP contribution in [0, 0.1) is 6.92 Å². The number of hydrogen-bond acceptors (Lipinski definition) is 9. The van der Waals surface area contributed by atoms with Crippen LogP contribution in [0.4, 0.5) is 5.95 Å². The molecule has 1 saturated carbocycles. The smallest absolute Gasteiger partial charge is 0.240 e. The normalized spacial score (nSPS) is 15.9. The summed E-state index contributed by atoms with van der Waals surface area (Å²) in [6, 6.07) is 5.40. The number of pyridine rings is 1. The number of methoxy groups -OCH3 is 2. The minimum atomic E-state index is -3.92. The molecule has 1 aliphatic carbocycles. The first-order valence-electron chi connectivity index (χ1n) is 10.1. The standard InChI is InChI=1S/C20H25N7O4S/c1-12-10-21-18(22-11-12)17(31-4)13(2)32(28,29)26-20-25-24-19(27(20)14-8-9-14)15-6-5-7-16(23-15)30-3/h5-7,10-11,13-14,17H,8-9H2,1-4H3,(H,25,26)/t13-,17-/m0/s1. The molecule has 2 atom stereocenters. The van der Waals surface area contributed by atoms with Gasteiger partial charge in [0, 0.05) is 31.6 Å². The summed E-state index contributed by atoms with van der Waals surface area (Å²) in [6.45, 7) is 3.40. The van der Waals surface area contributed by atoms with Crippen molar-refractivity contribution in [1.29, 1.82) is 0 Å².